The second-order valence-electron chi connectivity index (χ2n) is 5.40. The monoisotopic (exact) mass is 270 g/mol. The third-order valence-electron chi connectivity index (χ3n) is 2.11. The quantitative estimate of drug-likeness (QED) is 0.567. The summed E-state index contributed by atoms with van der Waals surface area (Å²) < 4.78 is 0. The van der Waals surface area contributed by atoms with Crippen molar-refractivity contribution in [1.82, 2.24) is 0 Å². The van der Waals surface area contributed by atoms with Gasteiger partial charge in [0.2, 0.25) is 0 Å². The van der Waals surface area contributed by atoms with Crippen LogP contribution in [0.1, 0.15) is 53.4 Å². The maximum atomic E-state index is 10.2. The predicted octanol–water partition coefficient (Wildman–Crippen LogP) is 3.88. The van der Waals surface area contributed by atoms with Crippen LogP contribution in [-0.2, 0) is 9.59 Å². The Labute approximate surface area is 115 Å². The third kappa shape index (κ3) is 19.0. The summed E-state index contributed by atoms with van der Waals surface area (Å²) in [6.07, 6.45) is 6.61. The highest BCUT2D eigenvalue weighted by Gasteiger charge is 2.03. The van der Waals surface area contributed by atoms with E-state index in [1.165, 1.54) is 6.08 Å². The SMILES string of the molecule is C=C(CCCCC)C(=O)O.CC(C)(C)C=CC(=O)O. The Hall–Kier alpha value is -1.58. The van der Waals surface area contributed by atoms with E-state index in [9.17, 15) is 9.59 Å². The maximum Gasteiger partial charge on any atom is 0.330 e. The highest BCUT2D eigenvalue weighted by Crippen LogP contribution is 2.13. The van der Waals surface area contributed by atoms with Gasteiger partial charge in [0.25, 0.3) is 0 Å². The van der Waals surface area contributed by atoms with Crippen LogP contribution in [0.5, 0.6) is 0 Å². The molecule has 0 aromatic rings. The number of allylic oxidation sites excluding steroid dienone is 1. The van der Waals surface area contributed by atoms with Crippen molar-refractivity contribution in [3.8, 4) is 0 Å². The molecule has 0 spiro atoms. The molecule has 0 atom stereocenters. The Bertz CT molecular complexity index is 322. The second-order valence-corrected chi connectivity index (χ2v) is 5.40. The minimum Gasteiger partial charge on any atom is -0.478 e. The van der Waals surface area contributed by atoms with Crippen LogP contribution in [0.2, 0.25) is 0 Å². The van der Waals surface area contributed by atoms with Gasteiger partial charge in [-0.2, -0.15) is 0 Å². The molecule has 0 heterocycles. The number of carbonyl (C=O) groups is 2. The van der Waals surface area contributed by atoms with Gasteiger partial charge in [0, 0.05) is 11.6 Å². The predicted molar refractivity (Wildman–Crippen MR) is 77.1 cm³/mol. The molecule has 0 radical (unpaired) electrons. The molecule has 0 rings (SSSR count). The Kier molecular flexibility index (Phi) is 10.8. The van der Waals surface area contributed by atoms with Crippen molar-refractivity contribution in [2.24, 2.45) is 5.41 Å². The molecule has 0 saturated carbocycles. The molecule has 4 heteroatoms. The van der Waals surface area contributed by atoms with E-state index in [1.807, 2.05) is 20.8 Å². The van der Waals surface area contributed by atoms with Gasteiger partial charge in [0.05, 0.1) is 0 Å². The summed E-state index contributed by atoms with van der Waals surface area (Å²) in [7, 11) is 0. The Morgan fingerprint density at radius 1 is 1.16 bits per heavy atom. The summed E-state index contributed by atoms with van der Waals surface area (Å²) in [5.74, 6) is -1.75. The lowest BCUT2D eigenvalue weighted by atomic mass is 9.96. The summed E-state index contributed by atoms with van der Waals surface area (Å²) in [5.41, 5.74) is 0.298. The normalized spacial score (nSPS) is 10.7. The third-order valence-corrected chi connectivity index (χ3v) is 2.11. The molecule has 0 bridgehead atoms. The van der Waals surface area contributed by atoms with Gasteiger partial charge >= 0.3 is 11.9 Å². The fraction of sp³-hybridized carbons (Fsp3) is 0.600. The molecule has 0 aliphatic carbocycles. The summed E-state index contributed by atoms with van der Waals surface area (Å²) in [6.45, 7) is 11.4. The molecule has 110 valence electrons. The molecule has 0 amide bonds. The number of hydrogen-bond acceptors (Lipinski definition) is 2. The lowest BCUT2D eigenvalue weighted by Gasteiger charge is -2.09. The Balaban J connectivity index is 0. The van der Waals surface area contributed by atoms with Crippen molar-refractivity contribution in [1.29, 1.82) is 0 Å². The Morgan fingerprint density at radius 3 is 1.95 bits per heavy atom. The standard InChI is InChI=1S/C8H14O2.C7H12O2/c1-3-4-5-6-7(2)8(9)10;1-7(2,3)5-4-6(8)9/h2-6H2,1H3,(H,9,10);4-5H,1-3H3,(H,8,9). The van der Waals surface area contributed by atoms with Gasteiger partial charge in [-0.05, 0) is 18.3 Å². The van der Waals surface area contributed by atoms with Crippen molar-refractivity contribution >= 4 is 11.9 Å². The summed E-state index contributed by atoms with van der Waals surface area (Å²) in [4.78, 5) is 20.2. The average Bonchev–Trinajstić information content (AvgIpc) is 2.26. The van der Waals surface area contributed by atoms with E-state index in [-0.39, 0.29) is 5.41 Å². The van der Waals surface area contributed by atoms with Gasteiger partial charge in [0.1, 0.15) is 0 Å². The van der Waals surface area contributed by atoms with Gasteiger partial charge in [-0.1, -0.05) is 53.2 Å². The minimum absolute atomic E-state index is 0.0294. The first kappa shape index (κ1) is 19.8. The smallest absolute Gasteiger partial charge is 0.330 e. The van der Waals surface area contributed by atoms with Gasteiger partial charge in [-0.15, -0.1) is 0 Å². The van der Waals surface area contributed by atoms with Crippen LogP contribution < -0.4 is 0 Å². The average molecular weight is 270 g/mol. The molecule has 0 unspecified atom stereocenters. The lowest BCUT2D eigenvalue weighted by molar-refractivity contribution is -0.133. The number of unbranched alkanes of at least 4 members (excludes halogenated alkanes) is 2. The number of aliphatic carboxylic acids is 2. The van der Waals surface area contributed by atoms with Crippen LogP contribution in [0.15, 0.2) is 24.3 Å². The fourth-order valence-corrected chi connectivity index (χ4v) is 1.02. The fourth-order valence-electron chi connectivity index (χ4n) is 1.02. The molecule has 0 saturated heterocycles. The molecule has 4 nitrogen and oxygen atoms in total. The molecule has 2 N–H and O–H groups in total. The highest BCUT2D eigenvalue weighted by molar-refractivity contribution is 5.85. The molecule has 19 heavy (non-hydrogen) atoms. The Morgan fingerprint density at radius 2 is 1.68 bits per heavy atom. The van der Waals surface area contributed by atoms with E-state index in [1.54, 1.807) is 6.08 Å². The lowest BCUT2D eigenvalue weighted by Crippen LogP contribution is -2.00. The molecule has 0 fully saturated rings. The van der Waals surface area contributed by atoms with Gasteiger partial charge in [-0.3, -0.25) is 0 Å². The van der Waals surface area contributed by atoms with Gasteiger partial charge in [0.15, 0.2) is 0 Å². The van der Waals surface area contributed by atoms with Crippen LogP contribution in [0.25, 0.3) is 0 Å². The van der Waals surface area contributed by atoms with Crippen molar-refractivity contribution < 1.29 is 19.8 Å². The van der Waals surface area contributed by atoms with Crippen LogP contribution in [-0.4, -0.2) is 22.2 Å². The van der Waals surface area contributed by atoms with Crippen LogP contribution in [0.3, 0.4) is 0 Å². The van der Waals surface area contributed by atoms with E-state index in [2.05, 4.69) is 13.5 Å². The van der Waals surface area contributed by atoms with Crippen LogP contribution >= 0.6 is 0 Å². The molecule has 0 aromatic carbocycles. The van der Waals surface area contributed by atoms with Crippen molar-refractivity contribution in [2.45, 2.75) is 53.4 Å². The number of hydrogen-bond donors (Lipinski definition) is 2. The van der Waals surface area contributed by atoms with Crippen molar-refractivity contribution in [3.63, 3.8) is 0 Å². The first-order chi connectivity index (χ1) is 8.60. The second kappa shape index (κ2) is 10.4. The molecule has 0 aliphatic rings. The zero-order chi connectivity index (χ0) is 15.5. The minimum atomic E-state index is -0.884. The first-order valence-electron chi connectivity index (χ1n) is 6.43. The number of carboxylic acids is 2. The molecule has 0 aliphatic heterocycles. The molecule has 0 aromatic heterocycles. The maximum absolute atomic E-state index is 10.2. The van der Waals surface area contributed by atoms with E-state index in [0.717, 1.165) is 19.3 Å². The van der Waals surface area contributed by atoms with Gasteiger partial charge < -0.3 is 10.2 Å². The largest absolute Gasteiger partial charge is 0.478 e. The summed E-state index contributed by atoms with van der Waals surface area (Å²) in [6, 6.07) is 0. The van der Waals surface area contributed by atoms with E-state index >= 15 is 0 Å². The van der Waals surface area contributed by atoms with E-state index in [0.29, 0.717) is 12.0 Å². The van der Waals surface area contributed by atoms with E-state index < -0.39 is 11.9 Å². The topological polar surface area (TPSA) is 74.6 Å². The zero-order valence-corrected chi connectivity index (χ0v) is 12.4. The highest BCUT2D eigenvalue weighted by atomic mass is 16.4. The van der Waals surface area contributed by atoms with Crippen molar-refractivity contribution in [3.05, 3.63) is 24.3 Å². The van der Waals surface area contributed by atoms with Crippen LogP contribution in [0, 0.1) is 5.41 Å². The van der Waals surface area contributed by atoms with E-state index in [4.69, 9.17) is 10.2 Å². The molecular formula is C15H26O4. The number of carboxylic acid groups (broad SMARTS) is 2. The van der Waals surface area contributed by atoms with Crippen LogP contribution in [0.4, 0.5) is 0 Å². The number of rotatable bonds is 6. The summed E-state index contributed by atoms with van der Waals surface area (Å²) >= 11 is 0. The van der Waals surface area contributed by atoms with Crippen molar-refractivity contribution in [2.75, 3.05) is 0 Å². The zero-order valence-electron chi connectivity index (χ0n) is 12.4. The van der Waals surface area contributed by atoms with Gasteiger partial charge in [-0.25, -0.2) is 9.59 Å². The molecular weight excluding hydrogens is 244 g/mol. The summed E-state index contributed by atoms with van der Waals surface area (Å²) in [5, 5.41) is 16.6. The first-order valence-corrected chi connectivity index (χ1v) is 6.43.